The molecule has 3 rings (SSSR count). The molecule has 1 aromatic carbocycles. The fourth-order valence-corrected chi connectivity index (χ4v) is 2.50. The van der Waals surface area contributed by atoms with E-state index in [2.05, 4.69) is 54.2 Å². The van der Waals surface area contributed by atoms with Crippen LogP contribution in [0.25, 0.3) is 10.9 Å². The van der Waals surface area contributed by atoms with Crippen molar-refractivity contribution in [2.24, 2.45) is 5.92 Å². The third kappa shape index (κ3) is 3.19. The Kier molecular flexibility index (Phi) is 3.61. The summed E-state index contributed by atoms with van der Waals surface area (Å²) in [7, 11) is 0. The third-order valence-corrected chi connectivity index (χ3v) is 3.95. The summed E-state index contributed by atoms with van der Waals surface area (Å²) in [6.07, 6.45) is 6.18. The number of nitrogens with zero attached hydrogens (tertiary/aromatic N) is 1. The van der Waals surface area contributed by atoms with Gasteiger partial charge in [-0.25, -0.2) is 0 Å². The molecular weight excluding hydrogens is 232 g/mol. The molecule has 2 nitrogen and oxygen atoms in total. The molecular formula is C17H24N2. The Morgan fingerprint density at radius 3 is 2.84 bits per heavy atom. The molecule has 0 bridgehead atoms. The van der Waals surface area contributed by atoms with Crippen LogP contribution < -0.4 is 5.32 Å². The lowest BCUT2D eigenvalue weighted by Gasteiger charge is -2.08. The summed E-state index contributed by atoms with van der Waals surface area (Å²) in [5, 5.41) is 4.95. The van der Waals surface area contributed by atoms with Crippen LogP contribution in [0.15, 0.2) is 30.5 Å². The van der Waals surface area contributed by atoms with Gasteiger partial charge in [-0.15, -0.1) is 0 Å². The molecule has 1 heterocycles. The topological polar surface area (TPSA) is 17.0 Å². The van der Waals surface area contributed by atoms with Gasteiger partial charge >= 0.3 is 0 Å². The zero-order chi connectivity index (χ0) is 13.2. The number of fused-ring (bicyclic) bond motifs is 1. The van der Waals surface area contributed by atoms with E-state index in [9.17, 15) is 0 Å². The molecule has 2 heteroatoms. The maximum Gasteiger partial charge on any atom is 0.0480 e. The smallest absolute Gasteiger partial charge is 0.0480 e. The molecule has 0 spiro atoms. The summed E-state index contributed by atoms with van der Waals surface area (Å²) in [5.41, 5.74) is 2.77. The summed E-state index contributed by atoms with van der Waals surface area (Å²) in [6, 6.07) is 9.90. The normalized spacial score (nSPS) is 15.5. The fraction of sp³-hybridized carbons (Fsp3) is 0.529. The fourth-order valence-electron chi connectivity index (χ4n) is 2.50. The van der Waals surface area contributed by atoms with Crippen molar-refractivity contribution in [3.05, 3.63) is 36.0 Å². The second-order valence-corrected chi connectivity index (χ2v) is 6.24. The Morgan fingerprint density at radius 2 is 2.11 bits per heavy atom. The molecule has 1 fully saturated rings. The van der Waals surface area contributed by atoms with Gasteiger partial charge in [-0.05, 0) is 54.3 Å². The average Bonchev–Trinajstić information content (AvgIpc) is 3.14. The summed E-state index contributed by atoms with van der Waals surface area (Å²) in [4.78, 5) is 0. The number of nitrogens with one attached hydrogen (secondary N) is 1. The number of benzene rings is 1. The van der Waals surface area contributed by atoms with Gasteiger partial charge in [0.2, 0.25) is 0 Å². The van der Waals surface area contributed by atoms with Crippen molar-refractivity contribution >= 4 is 10.9 Å². The van der Waals surface area contributed by atoms with Gasteiger partial charge in [0.05, 0.1) is 0 Å². The van der Waals surface area contributed by atoms with Gasteiger partial charge < -0.3 is 9.88 Å². The highest BCUT2D eigenvalue weighted by Gasteiger charge is 2.19. The molecule has 0 saturated heterocycles. The van der Waals surface area contributed by atoms with Crippen molar-refractivity contribution in [2.45, 2.75) is 52.2 Å². The molecule has 1 saturated carbocycles. The van der Waals surface area contributed by atoms with Crippen LogP contribution in [-0.4, -0.2) is 10.6 Å². The molecule has 2 aromatic rings. The first-order valence-corrected chi connectivity index (χ1v) is 7.53. The summed E-state index contributed by atoms with van der Waals surface area (Å²) >= 11 is 0. The van der Waals surface area contributed by atoms with E-state index in [1.807, 2.05) is 0 Å². The largest absolute Gasteiger partial charge is 0.347 e. The van der Waals surface area contributed by atoms with Crippen LogP contribution in [0.3, 0.4) is 0 Å². The van der Waals surface area contributed by atoms with Gasteiger partial charge in [0.1, 0.15) is 0 Å². The van der Waals surface area contributed by atoms with E-state index in [-0.39, 0.29) is 0 Å². The van der Waals surface area contributed by atoms with Crippen LogP contribution in [0.2, 0.25) is 0 Å². The Balaban J connectivity index is 1.72. The zero-order valence-electron chi connectivity index (χ0n) is 12.0. The lowest BCUT2D eigenvalue weighted by Crippen LogP contribution is -2.15. The van der Waals surface area contributed by atoms with Gasteiger partial charge in [0.25, 0.3) is 0 Å². The molecule has 102 valence electrons. The van der Waals surface area contributed by atoms with Crippen LogP contribution in [0.4, 0.5) is 0 Å². The molecule has 0 radical (unpaired) electrons. The molecule has 0 aliphatic heterocycles. The Hall–Kier alpha value is -1.28. The zero-order valence-corrected chi connectivity index (χ0v) is 12.0. The number of hydrogen-bond donors (Lipinski definition) is 1. The maximum absolute atomic E-state index is 3.58. The highest BCUT2D eigenvalue weighted by atomic mass is 15.0. The SMILES string of the molecule is CC(C)CCn1ccc2cc(CNC3CC3)ccc21. The van der Waals surface area contributed by atoms with Crippen molar-refractivity contribution in [3.63, 3.8) is 0 Å². The Bertz CT molecular complexity index is 549. The first-order valence-electron chi connectivity index (χ1n) is 7.53. The Morgan fingerprint density at radius 1 is 1.26 bits per heavy atom. The summed E-state index contributed by atoms with van der Waals surface area (Å²) < 4.78 is 2.38. The quantitative estimate of drug-likeness (QED) is 0.828. The Labute approximate surface area is 115 Å². The first kappa shape index (κ1) is 12.7. The molecule has 1 N–H and O–H groups in total. The van der Waals surface area contributed by atoms with Crippen molar-refractivity contribution in [3.8, 4) is 0 Å². The van der Waals surface area contributed by atoms with Crippen LogP contribution in [0.1, 0.15) is 38.7 Å². The lowest BCUT2D eigenvalue weighted by molar-refractivity contribution is 0.524. The number of hydrogen-bond acceptors (Lipinski definition) is 1. The van der Waals surface area contributed by atoms with Crippen molar-refractivity contribution in [2.75, 3.05) is 0 Å². The van der Waals surface area contributed by atoms with Crippen molar-refractivity contribution in [1.29, 1.82) is 0 Å². The second kappa shape index (κ2) is 5.38. The van der Waals surface area contributed by atoms with Gasteiger partial charge in [0, 0.05) is 30.8 Å². The number of aryl methyl sites for hydroxylation is 1. The van der Waals surface area contributed by atoms with Gasteiger partial charge in [-0.1, -0.05) is 19.9 Å². The average molecular weight is 256 g/mol. The van der Waals surface area contributed by atoms with E-state index in [1.54, 1.807) is 0 Å². The van der Waals surface area contributed by atoms with E-state index >= 15 is 0 Å². The van der Waals surface area contributed by atoms with E-state index < -0.39 is 0 Å². The highest BCUT2D eigenvalue weighted by Crippen LogP contribution is 2.21. The minimum atomic E-state index is 0.763. The standard InChI is InChI=1S/C17H24N2/c1-13(2)7-9-19-10-8-15-11-14(3-6-17(15)19)12-18-16-4-5-16/h3,6,8,10-11,13,16,18H,4-5,7,9,12H2,1-2H3. The van der Waals surface area contributed by atoms with Gasteiger partial charge in [-0.2, -0.15) is 0 Å². The van der Waals surface area contributed by atoms with Crippen LogP contribution in [0.5, 0.6) is 0 Å². The van der Waals surface area contributed by atoms with Crippen molar-refractivity contribution < 1.29 is 0 Å². The first-order chi connectivity index (χ1) is 9.22. The summed E-state index contributed by atoms with van der Waals surface area (Å²) in [5.74, 6) is 0.763. The van der Waals surface area contributed by atoms with E-state index in [0.717, 1.165) is 25.0 Å². The molecule has 1 aliphatic carbocycles. The minimum absolute atomic E-state index is 0.763. The van der Waals surface area contributed by atoms with Crippen LogP contribution in [-0.2, 0) is 13.1 Å². The minimum Gasteiger partial charge on any atom is -0.347 e. The predicted octanol–water partition coefficient (Wildman–Crippen LogP) is 3.94. The van der Waals surface area contributed by atoms with Crippen molar-refractivity contribution in [1.82, 2.24) is 9.88 Å². The number of rotatable bonds is 6. The van der Waals surface area contributed by atoms with E-state index in [0.29, 0.717) is 0 Å². The second-order valence-electron chi connectivity index (χ2n) is 6.24. The number of aromatic nitrogens is 1. The van der Waals surface area contributed by atoms with Crippen LogP contribution >= 0.6 is 0 Å². The van der Waals surface area contributed by atoms with Gasteiger partial charge in [0.15, 0.2) is 0 Å². The highest BCUT2D eigenvalue weighted by molar-refractivity contribution is 5.80. The summed E-state index contributed by atoms with van der Waals surface area (Å²) in [6.45, 7) is 6.71. The lowest BCUT2D eigenvalue weighted by atomic mass is 10.1. The monoisotopic (exact) mass is 256 g/mol. The molecule has 0 amide bonds. The third-order valence-electron chi connectivity index (χ3n) is 3.95. The molecule has 1 aliphatic rings. The van der Waals surface area contributed by atoms with E-state index in [4.69, 9.17) is 0 Å². The van der Waals surface area contributed by atoms with Gasteiger partial charge in [-0.3, -0.25) is 0 Å². The molecule has 1 aromatic heterocycles. The predicted molar refractivity (Wildman–Crippen MR) is 81.3 cm³/mol. The molecule has 0 unspecified atom stereocenters. The molecule has 0 atom stereocenters. The van der Waals surface area contributed by atoms with Crippen LogP contribution in [0, 0.1) is 5.92 Å². The van der Waals surface area contributed by atoms with E-state index in [1.165, 1.54) is 35.7 Å². The maximum atomic E-state index is 3.58. The molecule has 19 heavy (non-hydrogen) atoms.